The SMILES string of the molecule is N#Cc1c[nH]c(-c2nc(-c3cnc4ccsc4c3)no2)c1. The van der Waals surface area contributed by atoms with Crippen molar-refractivity contribution in [1.29, 1.82) is 5.26 Å². The van der Waals surface area contributed by atoms with Crippen molar-refractivity contribution in [2.75, 3.05) is 0 Å². The summed E-state index contributed by atoms with van der Waals surface area (Å²) < 4.78 is 6.30. The predicted octanol–water partition coefficient (Wildman–Crippen LogP) is 3.21. The first-order valence-corrected chi connectivity index (χ1v) is 6.98. The second-order valence-corrected chi connectivity index (χ2v) is 5.31. The van der Waals surface area contributed by atoms with Crippen molar-refractivity contribution < 1.29 is 4.52 Å². The number of nitrogens with zero attached hydrogens (tertiary/aromatic N) is 4. The van der Waals surface area contributed by atoms with Gasteiger partial charge in [-0.15, -0.1) is 11.3 Å². The Morgan fingerprint density at radius 3 is 3.14 bits per heavy atom. The number of fused-ring (bicyclic) bond motifs is 1. The number of H-pyrrole nitrogens is 1. The molecule has 4 aromatic heterocycles. The number of thiophene rings is 1. The van der Waals surface area contributed by atoms with Gasteiger partial charge in [-0.2, -0.15) is 10.2 Å². The number of hydrogen-bond acceptors (Lipinski definition) is 6. The van der Waals surface area contributed by atoms with E-state index in [1.807, 2.05) is 23.6 Å². The summed E-state index contributed by atoms with van der Waals surface area (Å²) >= 11 is 1.61. The summed E-state index contributed by atoms with van der Waals surface area (Å²) in [4.78, 5) is 11.6. The second-order valence-electron chi connectivity index (χ2n) is 4.36. The number of nitriles is 1. The van der Waals surface area contributed by atoms with Crippen molar-refractivity contribution in [2.45, 2.75) is 0 Å². The third-order valence-corrected chi connectivity index (χ3v) is 3.88. The van der Waals surface area contributed by atoms with Gasteiger partial charge in [0.25, 0.3) is 5.89 Å². The average Bonchev–Trinajstić information content (AvgIpc) is 3.24. The highest BCUT2D eigenvalue weighted by atomic mass is 32.1. The van der Waals surface area contributed by atoms with Crippen LogP contribution in [0.1, 0.15) is 5.56 Å². The Kier molecular flexibility index (Phi) is 2.55. The molecule has 0 aliphatic heterocycles. The van der Waals surface area contributed by atoms with Gasteiger partial charge in [0, 0.05) is 18.0 Å². The Morgan fingerprint density at radius 1 is 1.33 bits per heavy atom. The fourth-order valence-corrected chi connectivity index (χ4v) is 2.78. The molecule has 0 bridgehead atoms. The van der Waals surface area contributed by atoms with Crippen LogP contribution in [-0.2, 0) is 0 Å². The molecule has 4 heterocycles. The molecule has 0 fully saturated rings. The minimum absolute atomic E-state index is 0.345. The van der Waals surface area contributed by atoms with Crippen LogP contribution in [0.3, 0.4) is 0 Å². The summed E-state index contributed by atoms with van der Waals surface area (Å²) in [7, 11) is 0. The van der Waals surface area contributed by atoms with E-state index in [0.29, 0.717) is 23.0 Å². The summed E-state index contributed by atoms with van der Waals surface area (Å²) in [5.41, 5.74) is 2.89. The molecule has 0 aliphatic carbocycles. The van der Waals surface area contributed by atoms with Gasteiger partial charge in [-0.1, -0.05) is 5.16 Å². The van der Waals surface area contributed by atoms with Crippen molar-refractivity contribution in [3.05, 3.63) is 41.5 Å². The number of rotatable bonds is 2. The van der Waals surface area contributed by atoms with Crippen molar-refractivity contribution in [3.8, 4) is 29.0 Å². The molecule has 6 nitrogen and oxygen atoms in total. The van der Waals surface area contributed by atoms with Crippen molar-refractivity contribution in [1.82, 2.24) is 20.1 Å². The Hall–Kier alpha value is -2.98. The van der Waals surface area contributed by atoms with Gasteiger partial charge in [-0.05, 0) is 23.6 Å². The first-order valence-electron chi connectivity index (χ1n) is 6.10. The van der Waals surface area contributed by atoms with E-state index in [4.69, 9.17) is 9.78 Å². The van der Waals surface area contributed by atoms with Gasteiger partial charge in [0.1, 0.15) is 11.8 Å². The topological polar surface area (TPSA) is 91.4 Å². The third kappa shape index (κ3) is 1.98. The van der Waals surface area contributed by atoms with Crippen LogP contribution in [0.25, 0.3) is 33.2 Å². The fourth-order valence-electron chi connectivity index (χ4n) is 2.00. The highest BCUT2D eigenvalue weighted by Crippen LogP contribution is 2.26. The summed E-state index contributed by atoms with van der Waals surface area (Å²) in [5, 5.41) is 14.8. The molecule has 0 amide bonds. The molecule has 0 spiro atoms. The Labute approximate surface area is 122 Å². The molecule has 21 heavy (non-hydrogen) atoms. The van der Waals surface area contributed by atoms with Gasteiger partial charge in [0.05, 0.1) is 15.8 Å². The predicted molar refractivity (Wildman–Crippen MR) is 77.4 cm³/mol. The van der Waals surface area contributed by atoms with Crippen LogP contribution in [-0.4, -0.2) is 20.1 Å². The summed E-state index contributed by atoms with van der Waals surface area (Å²) in [5.74, 6) is 0.818. The molecule has 0 aliphatic rings. The van der Waals surface area contributed by atoms with Crippen LogP contribution in [0.15, 0.2) is 40.5 Å². The first-order chi connectivity index (χ1) is 10.3. The Balaban J connectivity index is 1.74. The van der Waals surface area contributed by atoms with Crippen LogP contribution >= 0.6 is 11.3 Å². The lowest BCUT2D eigenvalue weighted by atomic mass is 10.2. The molecule has 7 heteroatoms. The van der Waals surface area contributed by atoms with Crippen LogP contribution in [0.4, 0.5) is 0 Å². The molecule has 0 atom stereocenters. The van der Waals surface area contributed by atoms with Gasteiger partial charge in [-0.25, -0.2) is 0 Å². The maximum absolute atomic E-state index is 8.82. The standard InChI is InChI=1S/C14H7N5OS/c15-5-8-3-11(16-6-8)14-18-13(19-20-14)9-4-12-10(17-7-9)1-2-21-12/h1-4,6-7,16H. The number of hydrogen-bond donors (Lipinski definition) is 1. The zero-order valence-corrected chi connectivity index (χ0v) is 11.4. The van der Waals surface area contributed by atoms with Crippen LogP contribution in [0.5, 0.6) is 0 Å². The highest BCUT2D eigenvalue weighted by molar-refractivity contribution is 7.17. The van der Waals surface area contributed by atoms with E-state index < -0.39 is 0 Å². The van der Waals surface area contributed by atoms with E-state index in [9.17, 15) is 0 Å². The molecule has 0 saturated carbocycles. The van der Waals surface area contributed by atoms with E-state index >= 15 is 0 Å². The van der Waals surface area contributed by atoms with Gasteiger partial charge in [0.15, 0.2) is 0 Å². The van der Waals surface area contributed by atoms with Gasteiger partial charge >= 0.3 is 0 Å². The minimum Gasteiger partial charge on any atom is -0.356 e. The molecule has 4 aromatic rings. The molecule has 0 aromatic carbocycles. The summed E-state index contributed by atoms with van der Waals surface area (Å²) in [6, 6.07) is 7.66. The number of pyridine rings is 1. The zero-order chi connectivity index (χ0) is 14.2. The molecule has 4 rings (SSSR count). The van der Waals surface area contributed by atoms with Crippen molar-refractivity contribution in [2.24, 2.45) is 0 Å². The van der Waals surface area contributed by atoms with Crippen molar-refractivity contribution in [3.63, 3.8) is 0 Å². The Bertz CT molecular complexity index is 975. The number of aromatic nitrogens is 4. The molecular weight excluding hydrogens is 286 g/mol. The van der Waals surface area contributed by atoms with Crippen LogP contribution in [0.2, 0.25) is 0 Å². The third-order valence-electron chi connectivity index (χ3n) is 3.03. The summed E-state index contributed by atoms with van der Waals surface area (Å²) in [6.07, 6.45) is 3.32. The maximum atomic E-state index is 8.82. The maximum Gasteiger partial charge on any atom is 0.274 e. The molecule has 100 valence electrons. The molecule has 0 saturated heterocycles. The Morgan fingerprint density at radius 2 is 2.29 bits per heavy atom. The van der Waals surface area contributed by atoms with Gasteiger partial charge < -0.3 is 9.51 Å². The molecular formula is C14H7N5OS. The largest absolute Gasteiger partial charge is 0.356 e. The monoisotopic (exact) mass is 293 g/mol. The fraction of sp³-hybridized carbons (Fsp3) is 0. The second kappa shape index (κ2) is 4.54. The van der Waals surface area contributed by atoms with E-state index in [-0.39, 0.29) is 0 Å². The zero-order valence-electron chi connectivity index (χ0n) is 10.6. The van der Waals surface area contributed by atoms with E-state index in [0.717, 1.165) is 15.8 Å². The minimum atomic E-state index is 0.345. The quantitative estimate of drug-likeness (QED) is 0.612. The van der Waals surface area contributed by atoms with Gasteiger partial charge in [0.2, 0.25) is 5.82 Å². The van der Waals surface area contributed by atoms with Gasteiger partial charge in [-0.3, -0.25) is 4.98 Å². The lowest BCUT2D eigenvalue weighted by molar-refractivity contribution is 0.431. The van der Waals surface area contributed by atoms with Crippen LogP contribution in [0, 0.1) is 11.3 Å². The molecule has 0 unspecified atom stereocenters. The molecule has 1 N–H and O–H groups in total. The number of aromatic amines is 1. The van der Waals surface area contributed by atoms with E-state index in [1.54, 1.807) is 29.8 Å². The van der Waals surface area contributed by atoms with E-state index in [1.165, 1.54) is 0 Å². The summed E-state index contributed by atoms with van der Waals surface area (Å²) in [6.45, 7) is 0. The number of nitrogens with one attached hydrogen (secondary N) is 1. The highest BCUT2D eigenvalue weighted by Gasteiger charge is 2.13. The molecule has 0 radical (unpaired) electrons. The smallest absolute Gasteiger partial charge is 0.274 e. The van der Waals surface area contributed by atoms with E-state index in [2.05, 4.69) is 20.1 Å². The normalized spacial score (nSPS) is 10.8. The lowest BCUT2D eigenvalue weighted by Crippen LogP contribution is -1.83. The average molecular weight is 293 g/mol. The van der Waals surface area contributed by atoms with Crippen LogP contribution < -0.4 is 0 Å². The van der Waals surface area contributed by atoms with Crippen molar-refractivity contribution >= 4 is 21.6 Å². The lowest BCUT2D eigenvalue weighted by Gasteiger charge is -1.93. The first kappa shape index (κ1) is 11.8.